The molecule has 0 aliphatic carbocycles. The summed E-state index contributed by atoms with van der Waals surface area (Å²) in [6.07, 6.45) is 0. The van der Waals surface area contributed by atoms with Crippen LogP contribution in [0.15, 0.2) is 22.7 Å². The van der Waals surface area contributed by atoms with Crippen molar-refractivity contribution in [3.63, 3.8) is 0 Å². The van der Waals surface area contributed by atoms with E-state index in [2.05, 4.69) is 21.2 Å². The number of carbonyl (C=O) groups excluding carboxylic acids is 1. The van der Waals surface area contributed by atoms with Crippen molar-refractivity contribution in [3.8, 4) is 0 Å². The maximum Gasteiger partial charge on any atom is 0.252 e. The molecule has 0 heterocycles. The zero-order chi connectivity index (χ0) is 11.6. The molecule has 0 aliphatic rings. The number of hydrogen-bond donors (Lipinski definition) is 1. The topological polar surface area (TPSA) is 29.1 Å². The highest BCUT2D eigenvalue weighted by molar-refractivity contribution is 9.10. The molecule has 1 amide bonds. The molecule has 0 saturated carbocycles. The summed E-state index contributed by atoms with van der Waals surface area (Å²) in [7, 11) is 0. The van der Waals surface area contributed by atoms with Crippen LogP contribution in [0.5, 0.6) is 0 Å². The first-order chi connectivity index (χ1) is 6.79. The van der Waals surface area contributed by atoms with Crippen LogP contribution in [-0.4, -0.2) is 11.4 Å². The molecule has 0 bridgehead atoms. The van der Waals surface area contributed by atoms with Gasteiger partial charge in [0.25, 0.3) is 5.91 Å². The molecule has 1 aromatic rings. The van der Waals surface area contributed by atoms with Crippen LogP contribution < -0.4 is 5.32 Å². The van der Waals surface area contributed by atoms with Gasteiger partial charge in [-0.15, -0.1) is 0 Å². The molecule has 1 rings (SSSR count). The summed E-state index contributed by atoms with van der Waals surface area (Å²) in [6, 6.07) is 5.75. The lowest BCUT2D eigenvalue weighted by atomic mass is 10.1. The molecule has 3 heteroatoms. The van der Waals surface area contributed by atoms with Gasteiger partial charge in [0.1, 0.15) is 0 Å². The van der Waals surface area contributed by atoms with Gasteiger partial charge in [-0.3, -0.25) is 4.79 Å². The molecule has 0 aromatic heterocycles. The molecular formula is C12H16BrNO. The lowest BCUT2D eigenvalue weighted by Gasteiger charge is -2.21. The summed E-state index contributed by atoms with van der Waals surface area (Å²) < 4.78 is 0.829. The third kappa shape index (κ3) is 3.67. The Morgan fingerprint density at radius 1 is 1.33 bits per heavy atom. The average Bonchev–Trinajstić information content (AvgIpc) is 2.06. The van der Waals surface area contributed by atoms with Crippen molar-refractivity contribution in [2.75, 3.05) is 0 Å². The van der Waals surface area contributed by atoms with Crippen LogP contribution in [0.2, 0.25) is 0 Å². The van der Waals surface area contributed by atoms with E-state index in [-0.39, 0.29) is 11.4 Å². The zero-order valence-corrected chi connectivity index (χ0v) is 11.1. The largest absolute Gasteiger partial charge is 0.347 e. The van der Waals surface area contributed by atoms with E-state index in [1.807, 2.05) is 45.9 Å². The predicted octanol–water partition coefficient (Wildman–Crippen LogP) is 3.29. The molecule has 2 nitrogen and oxygen atoms in total. The van der Waals surface area contributed by atoms with Crippen molar-refractivity contribution in [2.45, 2.75) is 33.2 Å². The van der Waals surface area contributed by atoms with E-state index >= 15 is 0 Å². The van der Waals surface area contributed by atoms with E-state index in [4.69, 9.17) is 0 Å². The van der Waals surface area contributed by atoms with E-state index < -0.39 is 0 Å². The number of aryl methyl sites for hydroxylation is 1. The Kier molecular flexibility index (Phi) is 3.55. The molecule has 0 saturated heterocycles. The Morgan fingerprint density at radius 3 is 2.47 bits per heavy atom. The summed E-state index contributed by atoms with van der Waals surface area (Å²) in [5.41, 5.74) is 1.56. The van der Waals surface area contributed by atoms with Crippen molar-refractivity contribution in [2.24, 2.45) is 0 Å². The van der Waals surface area contributed by atoms with E-state index in [1.54, 1.807) is 0 Å². The molecule has 82 valence electrons. The Bertz CT molecular complexity index is 380. The Hall–Kier alpha value is -0.830. The lowest BCUT2D eigenvalue weighted by molar-refractivity contribution is 0.0918. The van der Waals surface area contributed by atoms with Crippen LogP contribution in [0, 0.1) is 6.92 Å². The van der Waals surface area contributed by atoms with Crippen LogP contribution in [-0.2, 0) is 0 Å². The SMILES string of the molecule is Cc1ccc(Br)c(C(=O)NC(C)(C)C)c1. The van der Waals surface area contributed by atoms with Crippen molar-refractivity contribution >= 4 is 21.8 Å². The van der Waals surface area contributed by atoms with Crippen LogP contribution in [0.3, 0.4) is 0 Å². The average molecular weight is 270 g/mol. The molecule has 0 atom stereocenters. The number of benzene rings is 1. The number of amides is 1. The van der Waals surface area contributed by atoms with E-state index in [1.165, 1.54) is 0 Å². The van der Waals surface area contributed by atoms with Crippen LogP contribution in [0.1, 0.15) is 36.7 Å². The molecule has 0 radical (unpaired) electrons. The quantitative estimate of drug-likeness (QED) is 0.833. The van der Waals surface area contributed by atoms with Gasteiger partial charge in [-0.1, -0.05) is 11.6 Å². The summed E-state index contributed by atoms with van der Waals surface area (Å²) in [5, 5.41) is 2.93. The summed E-state index contributed by atoms with van der Waals surface area (Å²) in [4.78, 5) is 11.9. The fraction of sp³-hybridized carbons (Fsp3) is 0.417. The fourth-order valence-corrected chi connectivity index (χ4v) is 1.65. The third-order valence-electron chi connectivity index (χ3n) is 1.86. The van der Waals surface area contributed by atoms with Gasteiger partial charge in [-0.2, -0.15) is 0 Å². The van der Waals surface area contributed by atoms with Crippen molar-refractivity contribution in [3.05, 3.63) is 33.8 Å². The lowest BCUT2D eigenvalue weighted by Crippen LogP contribution is -2.40. The van der Waals surface area contributed by atoms with Crippen LogP contribution >= 0.6 is 15.9 Å². The molecule has 1 aromatic carbocycles. The smallest absolute Gasteiger partial charge is 0.252 e. The monoisotopic (exact) mass is 269 g/mol. The van der Waals surface area contributed by atoms with Gasteiger partial charge in [0.15, 0.2) is 0 Å². The number of hydrogen-bond acceptors (Lipinski definition) is 1. The zero-order valence-electron chi connectivity index (χ0n) is 9.52. The first kappa shape index (κ1) is 12.2. The molecule has 0 fully saturated rings. The van der Waals surface area contributed by atoms with Gasteiger partial charge in [0, 0.05) is 10.0 Å². The molecule has 0 spiro atoms. The molecule has 0 aliphatic heterocycles. The highest BCUT2D eigenvalue weighted by atomic mass is 79.9. The van der Waals surface area contributed by atoms with Crippen LogP contribution in [0.4, 0.5) is 0 Å². The summed E-state index contributed by atoms with van der Waals surface area (Å²) in [6.45, 7) is 7.87. The predicted molar refractivity (Wildman–Crippen MR) is 66.1 cm³/mol. The van der Waals surface area contributed by atoms with Gasteiger partial charge in [-0.25, -0.2) is 0 Å². The normalized spacial score (nSPS) is 11.3. The maximum absolute atomic E-state index is 11.9. The van der Waals surface area contributed by atoms with E-state index in [0.29, 0.717) is 5.56 Å². The first-order valence-corrected chi connectivity index (χ1v) is 5.67. The second-order valence-corrected chi connectivity index (χ2v) is 5.54. The van der Waals surface area contributed by atoms with Gasteiger partial charge in [0.2, 0.25) is 0 Å². The number of halogens is 1. The second-order valence-electron chi connectivity index (χ2n) is 4.69. The Balaban J connectivity index is 2.96. The molecule has 0 unspecified atom stereocenters. The number of carbonyl (C=O) groups is 1. The Morgan fingerprint density at radius 2 is 1.93 bits per heavy atom. The van der Waals surface area contributed by atoms with Gasteiger partial charge >= 0.3 is 0 Å². The van der Waals surface area contributed by atoms with Gasteiger partial charge < -0.3 is 5.32 Å². The van der Waals surface area contributed by atoms with Crippen molar-refractivity contribution < 1.29 is 4.79 Å². The Labute approximate surface area is 99.2 Å². The van der Waals surface area contributed by atoms with E-state index in [9.17, 15) is 4.79 Å². The summed E-state index contributed by atoms with van der Waals surface area (Å²) in [5.74, 6) is -0.0434. The first-order valence-electron chi connectivity index (χ1n) is 4.88. The summed E-state index contributed by atoms with van der Waals surface area (Å²) >= 11 is 3.38. The fourth-order valence-electron chi connectivity index (χ4n) is 1.22. The molecule has 15 heavy (non-hydrogen) atoms. The number of nitrogens with one attached hydrogen (secondary N) is 1. The minimum atomic E-state index is -0.208. The molecular weight excluding hydrogens is 254 g/mol. The van der Waals surface area contributed by atoms with Gasteiger partial charge in [0.05, 0.1) is 5.56 Å². The highest BCUT2D eigenvalue weighted by Gasteiger charge is 2.17. The van der Waals surface area contributed by atoms with Crippen molar-refractivity contribution in [1.82, 2.24) is 5.32 Å². The minimum absolute atomic E-state index is 0.0434. The van der Waals surface area contributed by atoms with Gasteiger partial charge in [-0.05, 0) is 55.8 Å². The minimum Gasteiger partial charge on any atom is -0.347 e. The van der Waals surface area contributed by atoms with Crippen molar-refractivity contribution in [1.29, 1.82) is 0 Å². The standard InChI is InChI=1S/C12H16BrNO/c1-8-5-6-10(13)9(7-8)11(15)14-12(2,3)4/h5-7H,1-4H3,(H,14,15). The van der Waals surface area contributed by atoms with Crippen LogP contribution in [0.25, 0.3) is 0 Å². The van der Waals surface area contributed by atoms with E-state index in [0.717, 1.165) is 10.0 Å². The number of rotatable bonds is 1. The molecule has 1 N–H and O–H groups in total. The maximum atomic E-state index is 11.9. The second kappa shape index (κ2) is 4.35. The highest BCUT2D eigenvalue weighted by Crippen LogP contribution is 2.18. The third-order valence-corrected chi connectivity index (χ3v) is 2.55.